The summed E-state index contributed by atoms with van der Waals surface area (Å²) >= 11 is 0. The molecule has 2 fully saturated rings. The maximum absolute atomic E-state index is 6.08. The van der Waals surface area contributed by atoms with Crippen molar-refractivity contribution in [2.75, 3.05) is 13.1 Å². The van der Waals surface area contributed by atoms with Gasteiger partial charge in [0.15, 0.2) is 0 Å². The van der Waals surface area contributed by atoms with Crippen LogP contribution >= 0.6 is 0 Å². The zero-order chi connectivity index (χ0) is 11.2. The fraction of sp³-hybridized carbons (Fsp3) is 0.571. The van der Waals surface area contributed by atoms with E-state index in [1.807, 2.05) is 0 Å². The summed E-state index contributed by atoms with van der Waals surface area (Å²) in [6, 6.07) is 11.2. The number of hydrogen-bond donors (Lipinski definition) is 1. The average molecular weight is 216 g/mol. The molecule has 1 heterocycles. The second-order valence-corrected chi connectivity index (χ2v) is 5.60. The second kappa shape index (κ2) is 3.57. The van der Waals surface area contributed by atoms with Crippen LogP contribution in [-0.4, -0.2) is 24.0 Å². The molecule has 1 aliphatic heterocycles. The van der Waals surface area contributed by atoms with E-state index in [-0.39, 0.29) is 0 Å². The van der Waals surface area contributed by atoms with Gasteiger partial charge in [-0.1, -0.05) is 37.3 Å². The van der Waals surface area contributed by atoms with Crippen molar-refractivity contribution in [1.29, 1.82) is 0 Å². The minimum absolute atomic E-state index is 0.461. The molecule has 86 valence electrons. The fourth-order valence-corrected chi connectivity index (χ4v) is 3.27. The molecular formula is C14H20N2. The number of hydrogen-bond acceptors (Lipinski definition) is 2. The summed E-state index contributed by atoms with van der Waals surface area (Å²) in [5.74, 6) is 0.770. The van der Waals surface area contributed by atoms with E-state index < -0.39 is 0 Å². The molecular weight excluding hydrogens is 196 g/mol. The van der Waals surface area contributed by atoms with Gasteiger partial charge in [-0.3, -0.25) is 4.90 Å². The van der Waals surface area contributed by atoms with Gasteiger partial charge in [-0.05, 0) is 17.9 Å². The van der Waals surface area contributed by atoms with Crippen molar-refractivity contribution in [3.8, 4) is 0 Å². The molecule has 1 aromatic rings. The molecule has 2 aliphatic rings. The zero-order valence-electron chi connectivity index (χ0n) is 9.89. The van der Waals surface area contributed by atoms with E-state index in [0.717, 1.165) is 12.5 Å². The lowest BCUT2D eigenvalue weighted by Crippen LogP contribution is -2.23. The van der Waals surface area contributed by atoms with Crippen molar-refractivity contribution in [3.05, 3.63) is 35.9 Å². The van der Waals surface area contributed by atoms with Crippen molar-refractivity contribution in [1.82, 2.24) is 4.90 Å². The Morgan fingerprint density at radius 3 is 2.62 bits per heavy atom. The maximum atomic E-state index is 6.08. The highest BCUT2D eigenvalue weighted by Crippen LogP contribution is 2.55. The lowest BCUT2D eigenvalue weighted by atomic mass is 9.94. The normalized spacial score (nSPS) is 38.1. The molecule has 2 heteroatoms. The Morgan fingerprint density at radius 2 is 2.06 bits per heavy atom. The van der Waals surface area contributed by atoms with E-state index in [4.69, 9.17) is 5.73 Å². The molecule has 1 aliphatic carbocycles. The van der Waals surface area contributed by atoms with Crippen LogP contribution in [0, 0.1) is 11.3 Å². The second-order valence-electron chi connectivity index (χ2n) is 5.60. The highest BCUT2D eigenvalue weighted by atomic mass is 15.2. The van der Waals surface area contributed by atoms with E-state index in [2.05, 4.69) is 42.2 Å². The van der Waals surface area contributed by atoms with Gasteiger partial charge in [-0.25, -0.2) is 0 Å². The first-order valence-corrected chi connectivity index (χ1v) is 6.22. The third-order valence-corrected chi connectivity index (χ3v) is 4.46. The average Bonchev–Trinajstić information content (AvgIpc) is 2.80. The highest BCUT2D eigenvalue weighted by Gasteiger charge is 2.59. The van der Waals surface area contributed by atoms with E-state index >= 15 is 0 Å². The topological polar surface area (TPSA) is 29.3 Å². The monoisotopic (exact) mass is 216 g/mol. The molecule has 0 radical (unpaired) electrons. The highest BCUT2D eigenvalue weighted by molar-refractivity contribution is 5.18. The van der Waals surface area contributed by atoms with Gasteiger partial charge >= 0.3 is 0 Å². The lowest BCUT2D eigenvalue weighted by Gasteiger charge is -2.15. The van der Waals surface area contributed by atoms with E-state index in [1.165, 1.54) is 25.1 Å². The summed E-state index contributed by atoms with van der Waals surface area (Å²) in [5.41, 5.74) is 7.97. The van der Waals surface area contributed by atoms with Gasteiger partial charge < -0.3 is 5.73 Å². The molecule has 2 N–H and O–H groups in total. The number of nitrogens with zero attached hydrogens (tertiary/aromatic N) is 1. The van der Waals surface area contributed by atoms with Crippen molar-refractivity contribution in [3.63, 3.8) is 0 Å². The van der Waals surface area contributed by atoms with Crippen LogP contribution < -0.4 is 5.73 Å². The summed E-state index contributed by atoms with van der Waals surface area (Å²) in [5, 5.41) is 0. The van der Waals surface area contributed by atoms with Crippen molar-refractivity contribution >= 4 is 0 Å². The third kappa shape index (κ3) is 1.57. The van der Waals surface area contributed by atoms with Crippen molar-refractivity contribution in [2.24, 2.45) is 17.1 Å². The standard InChI is InChI=1S/C14H20N2/c1-11-8-16(10-14(11)7-13(14)15)9-12-5-3-2-4-6-12/h2-6,11,13H,7-10,15H2,1H3. The molecule has 3 atom stereocenters. The predicted molar refractivity (Wildman–Crippen MR) is 65.9 cm³/mol. The predicted octanol–water partition coefficient (Wildman–Crippen LogP) is 1.86. The Kier molecular flexibility index (Phi) is 2.30. The zero-order valence-corrected chi connectivity index (χ0v) is 9.89. The first-order chi connectivity index (χ1) is 7.71. The summed E-state index contributed by atoms with van der Waals surface area (Å²) in [6.07, 6.45) is 1.24. The Labute approximate surface area is 97.4 Å². The SMILES string of the molecule is CC1CN(Cc2ccccc2)CC12CC2N. The van der Waals surface area contributed by atoms with Gasteiger partial charge in [0.25, 0.3) is 0 Å². The van der Waals surface area contributed by atoms with Gasteiger partial charge in [0.05, 0.1) is 0 Å². The van der Waals surface area contributed by atoms with Crippen LogP contribution in [0.25, 0.3) is 0 Å². The Balaban J connectivity index is 1.67. The van der Waals surface area contributed by atoms with Crippen LogP contribution in [0.1, 0.15) is 18.9 Å². The molecule has 1 saturated carbocycles. The first kappa shape index (κ1) is 10.3. The largest absolute Gasteiger partial charge is 0.327 e. The van der Waals surface area contributed by atoms with Crippen LogP contribution in [-0.2, 0) is 6.54 Å². The molecule has 1 aromatic carbocycles. The van der Waals surface area contributed by atoms with Gasteiger partial charge in [0.1, 0.15) is 0 Å². The number of rotatable bonds is 2. The van der Waals surface area contributed by atoms with Crippen molar-refractivity contribution < 1.29 is 0 Å². The quantitative estimate of drug-likeness (QED) is 0.817. The van der Waals surface area contributed by atoms with E-state index in [1.54, 1.807) is 0 Å². The molecule has 1 spiro atoms. The number of likely N-dealkylation sites (tertiary alicyclic amines) is 1. The van der Waals surface area contributed by atoms with Gasteiger partial charge in [0, 0.05) is 31.1 Å². The molecule has 3 unspecified atom stereocenters. The smallest absolute Gasteiger partial charge is 0.0234 e. The Hall–Kier alpha value is -0.860. The molecule has 0 bridgehead atoms. The Bertz CT molecular complexity index is 376. The molecule has 0 aromatic heterocycles. The summed E-state index contributed by atoms with van der Waals surface area (Å²) in [6.45, 7) is 5.85. The first-order valence-electron chi connectivity index (χ1n) is 6.22. The van der Waals surface area contributed by atoms with Crippen molar-refractivity contribution in [2.45, 2.75) is 25.9 Å². The summed E-state index contributed by atoms with van der Waals surface area (Å²) < 4.78 is 0. The van der Waals surface area contributed by atoms with Crippen LogP contribution in [0.3, 0.4) is 0 Å². The minimum atomic E-state index is 0.461. The van der Waals surface area contributed by atoms with E-state index in [0.29, 0.717) is 11.5 Å². The van der Waals surface area contributed by atoms with E-state index in [9.17, 15) is 0 Å². The van der Waals surface area contributed by atoms with Gasteiger partial charge in [-0.2, -0.15) is 0 Å². The summed E-state index contributed by atoms with van der Waals surface area (Å²) in [7, 11) is 0. The molecule has 3 rings (SSSR count). The molecule has 1 saturated heterocycles. The molecule has 16 heavy (non-hydrogen) atoms. The summed E-state index contributed by atoms with van der Waals surface area (Å²) in [4.78, 5) is 2.56. The third-order valence-electron chi connectivity index (χ3n) is 4.46. The van der Waals surface area contributed by atoms with Gasteiger partial charge in [-0.15, -0.1) is 0 Å². The van der Waals surface area contributed by atoms with Gasteiger partial charge in [0.2, 0.25) is 0 Å². The molecule has 0 amide bonds. The molecule has 2 nitrogen and oxygen atoms in total. The van der Waals surface area contributed by atoms with Crippen LogP contribution in [0.15, 0.2) is 30.3 Å². The Morgan fingerprint density at radius 1 is 1.38 bits per heavy atom. The lowest BCUT2D eigenvalue weighted by molar-refractivity contribution is 0.310. The van der Waals surface area contributed by atoms with Crippen LogP contribution in [0.4, 0.5) is 0 Å². The maximum Gasteiger partial charge on any atom is 0.0234 e. The number of nitrogens with two attached hydrogens (primary N) is 1. The minimum Gasteiger partial charge on any atom is -0.327 e. The number of benzene rings is 1. The van der Waals surface area contributed by atoms with Crippen LogP contribution in [0.2, 0.25) is 0 Å². The van der Waals surface area contributed by atoms with Crippen LogP contribution in [0.5, 0.6) is 0 Å². The fourth-order valence-electron chi connectivity index (χ4n) is 3.27.